The van der Waals surface area contributed by atoms with Crippen LogP contribution < -0.4 is 0 Å². The fraction of sp³-hybridized carbons (Fsp3) is 1.00. The van der Waals surface area contributed by atoms with E-state index in [1.165, 1.54) is 11.8 Å². The van der Waals surface area contributed by atoms with E-state index in [4.69, 9.17) is 9.84 Å². The van der Waals surface area contributed by atoms with Crippen molar-refractivity contribution in [2.24, 2.45) is 0 Å². The fourth-order valence-electron chi connectivity index (χ4n) is 2.41. The summed E-state index contributed by atoms with van der Waals surface area (Å²) < 4.78 is 5.40. The zero-order valence-electron chi connectivity index (χ0n) is 9.92. The minimum absolute atomic E-state index is 0.168. The predicted octanol–water partition coefficient (Wildman–Crippen LogP) is -1.57. The third kappa shape index (κ3) is 2.98. The maximum Gasteiger partial charge on any atom is 0.132 e. The third-order valence-corrected chi connectivity index (χ3v) is 5.00. The highest BCUT2D eigenvalue weighted by molar-refractivity contribution is 8.00. The van der Waals surface area contributed by atoms with Gasteiger partial charge in [-0.2, -0.15) is 0 Å². The number of aliphatic hydroxyl groups is 5. The standard InChI is InChI=1S/C11H20O6S/c12-4-7-8(14)9(15)10(16)11(17-7)18-6-2-1-5(13)3-6/h5-16H,1-4H2/t5?,6?,7?,8-,9?,10?,11-/m0/s1. The van der Waals surface area contributed by atoms with Crippen molar-refractivity contribution in [2.45, 2.75) is 60.5 Å². The molecule has 1 aliphatic carbocycles. The van der Waals surface area contributed by atoms with E-state index in [0.29, 0.717) is 6.42 Å². The molecule has 0 spiro atoms. The van der Waals surface area contributed by atoms with Crippen LogP contribution in [0.5, 0.6) is 0 Å². The third-order valence-electron chi connectivity index (χ3n) is 3.53. The molecule has 7 heteroatoms. The second-order valence-corrected chi connectivity index (χ2v) is 6.33. The Hall–Kier alpha value is 0.110. The smallest absolute Gasteiger partial charge is 0.132 e. The van der Waals surface area contributed by atoms with Crippen LogP contribution in [0.1, 0.15) is 19.3 Å². The topological polar surface area (TPSA) is 110 Å². The van der Waals surface area contributed by atoms with Crippen molar-refractivity contribution in [3.63, 3.8) is 0 Å². The van der Waals surface area contributed by atoms with E-state index in [1.807, 2.05) is 0 Å². The molecule has 0 aromatic carbocycles. The summed E-state index contributed by atoms with van der Waals surface area (Å²) >= 11 is 1.35. The van der Waals surface area contributed by atoms with Gasteiger partial charge in [0.05, 0.1) is 12.7 Å². The molecule has 18 heavy (non-hydrogen) atoms. The van der Waals surface area contributed by atoms with Crippen molar-refractivity contribution < 1.29 is 30.3 Å². The van der Waals surface area contributed by atoms with Gasteiger partial charge in [-0.3, -0.25) is 0 Å². The summed E-state index contributed by atoms with van der Waals surface area (Å²) in [6, 6.07) is 0. The second kappa shape index (κ2) is 6.04. The molecule has 1 saturated carbocycles. The van der Waals surface area contributed by atoms with Crippen LogP contribution in [0.3, 0.4) is 0 Å². The van der Waals surface area contributed by atoms with Crippen LogP contribution >= 0.6 is 11.8 Å². The van der Waals surface area contributed by atoms with Crippen molar-refractivity contribution >= 4 is 11.8 Å². The number of rotatable bonds is 3. The van der Waals surface area contributed by atoms with Gasteiger partial charge in [-0.05, 0) is 19.3 Å². The van der Waals surface area contributed by atoms with Crippen LogP contribution in [-0.4, -0.2) is 73.3 Å². The molecule has 7 atom stereocenters. The number of ether oxygens (including phenoxy) is 1. The number of hydrogen-bond acceptors (Lipinski definition) is 7. The highest BCUT2D eigenvalue weighted by Gasteiger charge is 2.44. The number of hydrogen-bond donors (Lipinski definition) is 5. The summed E-state index contributed by atoms with van der Waals surface area (Å²) in [4.78, 5) is 0. The van der Waals surface area contributed by atoms with Gasteiger partial charge in [0.15, 0.2) is 0 Å². The predicted molar refractivity (Wildman–Crippen MR) is 65.0 cm³/mol. The molecule has 5 unspecified atom stereocenters. The van der Waals surface area contributed by atoms with Gasteiger partial charge in [0, 0.05) is 5.25 Å². The second-order valence-electron chi connectivity index (χ2n) is 4.92. The summed E-state index contributed by atoms with van der Waals surface area (Å²) in [5.41, 5.74) is -0.684. The van der Waals surface area contributed by atoms with Crippen molar-refractivity contribution in [2.75, 3.05) is 6.61 Å². The Bertz CT molecular complexity index is 276. The molecule has 1 heterocycles. The van der Waals surface area contributed by atoms with Crippen molar-refractivity contribution in [3.8, 4) is 0 Å². The average Bonchev–Trinajstić information content (AvgIpc) is 2.75. The monoisotopic (exact) mass is 280 g/mol. The molecule has 2 rings (SSSR count). The van der Waals surface area contributed by atoms with Crippen molar-refractivity contribution in [1.82, 2.24) is 0 Å². The Labute approximate surface area is 110 Å². The van der Waals surface area contributed by atoms with E-state index < -0.39 is 36.5 Å². The lowest BCUT2D eigenvalue weighted by atomic mass is 10.0. The zero-order chi connectivity index (χ0) is 13.3. The Morgan fingerprint density at radius 2 is 1.72 bits per heavy atom. The highest BCUT2D eigenvalue weighted by Crippen LogP contribution is 2.37. The zero-order valence-corrected chi connectivity index (χ0v) is 10.7. The molecule has 0 bridgehead atoms. The fourth-order valence-corrected chi connectivity index (χ4v) is 3.92. The average molecular weight is 280 g/mol. The molecule has 2 fully saturated rings. The first-order valence-electron chi connectivity index (χ1n) is 6.17. The van der Waals surface area contributed by atoms with E-state index in [9.17, 15) is 20.4 Å². The van der Waals surface area contributed by atoms with E-state index in [2.05, 4.69) is 0 Å². The van der Waals surface area contributed by atoms with Crippen molar-refractivity contribution in [3.05, 3.63) is 0 Å². The van der Waals surface area contributed by atoms with Gasteiger partial charge in [0.25, 0.3) is 0 Å². The van der Waals surface area contributed by atoms with Gasteiger partial charge < -0.3 is 30.3 Å². The summed E-state index contributed by atoms with van der Waals surface area (Å²) in [6.45, 7) is -0.407. The molecule has 1 saturated heterocycles. The Morgan fingerprint density at radius 3 is 2.28 bits per heavy atom. The molecule has 2 aliphatic rings. The highest BCUT2D eigenvalue weighted by atomic mass is 32.2. The van der Waals surface area contributed by atoms with E-state index >= 15 is 0 Å². The van der Waals surface area contributed by atoms with E-state index in [1.54, 1.807) is 0 Å². The van der Waals surface area contributed by atoms with Gasteiger partial charge >= 0.3 is 0 Å². The molecule has 106 valence electrons. The molecule has 0 amide bonds. The van der Waals surface area contributed by atoms with Gasteiger partial charge in [0.2, 0.25) is 0 Å². The number of thioether (sulfide) groups is 1. The van der Waals surface area contributed by atoms with Crippen LogP contribution in [-0.2, 0) is 4.74 Å². The molecule has 5 N–H and O–H groups in total. The molecular formula is C11H20O6S. The van der Waals surface area contributed by atoms with Crippen LogP contribution in [0, 0.1) is 0 Å². The Kier molecular flexibility index (Phi) is 4.87. The summed E-state index contributed by atoms with van der Waals surface area (Å²) in [5, 5.41) is 47.8. The Balaban J connectivity index is 1.94. The number of aliphatic hydroxyl groups excluding tert-OH is 5. The summed E-state index contributed by atoms with van der Waals surface area (Å²) in [6.07, 6.45) is -2.78. The first-order valence-corrected chi connectivity index (χ1v) is 7.11. The van der Waals surface area contributed by atoms with Gasteiger partial charge in [-0.15, -0.1) is 11.8 Å². The van der Waals surface area contributed by atoms with Crippen LogP contribution in [0.25, 0.3) is 0 Å². The minimum Gasteiger partial charge on any atom is -0.394 e. The van der Waals surface area contributed by atoms with Gasteiger partial charge in [-0.25, -0.2) is 0 Å². The largest absolute Gasteiger partial charge is 0.394 e. The van der Waals surface area contributed by atoms with E-state index in [0.717, 1.165) is 12.8 Å². The Morgan fingerprint density at radius 1 is 1.00 bits per heavy atom. The van der Waals surface area contributed by atoms with Gasteiger partial charge in [0.1, 0.15) is 29.9 Å². The maximum atomic E-state index is 9.85. The maximum absolute atomic E-state index is 9.85. The molecule has 0 aromatic heterocycles. The molecule has 0 aromatic rings. The summed E-state index contributed by atoms with van der Waals surface area (Å²) in [5.74, 6) is 0. The first-order chi connectivity index (χ1) is 8.52. The lowest BCUT2D eigenvalue weighted by Crippen LogP contribution is -2.57. The molecule has 0 radical (unpaired) electrons. The lowest BCUT2D eigenvalue weighted by molar-refractivity contribution is -0.205. The van der Waals surface area contributed by atoms with Crippen LogP contribution in [0.15, 0.2) is 0 Å². The molecular weight excluding hydrogens is 260 g/mol. The van der Waals surface area contributed by atoms with Crippen molar-refractivity contribution in [1.29, 1.82) is 0 Å². The van der Waals surface area contributed by atoms with Crippen LogP contribution in [0.4, 0.5) is 0 Å². The molecule has 1 aliphatic heterocycles. The van der Waals surface area contributed by atoms with Gasteiger partial charge in [-0.1, -0.05) is 0 Å². The van der Waals surface area contributed by atoms with Crippen LogP contribution in [0.2, 0.25) is 0 Å². The minimum atomic E-state index is -1.32. The quantitative estimate of drug-likeness (QED) is 0.425. The van der Waals surface area contributed by atoms with E-state index in [-0.39, 0.29) is 11.4 Å². The SMILES string of the molecule is OCC1O[C@@H](SC2CCC(O)C2)C(O)C(O)[C@H]1O. The summed E-state index contributed by atoms with van der Waals surface area (Å²) in [7, 11) is 0. The normalized spacial score (nSPS) is 49.5. The lowest BCUT2D eigenvalue weighted by Gasteiger charge is -2.40. The first kappa shape index (κ1) is 14.5. The molecule has 6 nitrogen and oxygen atoms in total.